The summed E-state index contributed by atoms with van der Waals surface area (Å²) in [6.45, 7) is 5.05. The van der Waals surface area contributed by atoms with Gasteiger partial charge in [0.2, 0.25) is 5.91 Å². The lowest BCUT2D eigenvalue weighted by Crippen LogP contribution is -2.38. The molecule has 1 aliphatic rings. The largest absolute Gasteiger partial charge is 0.376 e. The number of halogens is 1. The highest BCUT2D eigenvalue weighted by molar-refractivity contribution is 7.91. The molecule has 1 saturated heterocycles. The molecule has 0 spiro atoms. The Labute approximate surface area is 190 Å². The summed E-state index contributed by atoms with van der Waals surface area (Å²) in [5, 5.41) is 0.546. The van der Waals surface area contributed by atoms with Crippen molar-refractivity contribution in [1.29, 1.82) is 0 Å². The minimum absolute atomic E-state index is 0.00307. The van der Waals surface area contributed by atoms with Gasteiger partial charge >= 0.3 is 0 Å². The smallest absolute Gasteiger partial charge is 0.229 e. The van der Waals surface area contributed by atoms with Gasteiger partial charge in [-0.3, -0.25) is 9.69 Å². The van der Waals surface area contributed by atoms with Gasteiger partial charge in [-0.1, -0.05) is 11.3 Å². The lowest BCUT2D eigenvalue weighted by molar-refractivity contribution is -0.118. The Morgan fingerprint density at radius 3 is 2.62 bits per heavy atom. The number of ether oxygens (including phenoxy) is 1. The van der Waals surface area contributed by atoms with Crippen molar-refractivity contribution in [3.05, 3.63) is 53.3 Å². The van der Waals surface area contributed by atoms with E-state index in [9.17, 15) is 17.6 Å². The molecule has 0 bridgehead atoms. The van der Waals surface area contributed by atoms with Gasteiger partial charge in [0.15, 0.2) is 15.0 Å². The van der Waals surface area contributed by atoms with E-state index in [1.54, 1.807) is 4.90 Å². The molecule has 1 unspecified atom stereocenters. The number of fused-ring (bicyclic) bond motifs is 1. The first-order valence-electron chi connectivity index (χ1n) is 10.5. The molecule has 170 valence electrons. The number of hydrogen-bond acceptors (Lipinski definition) is 6. The molecule has 3 aromatic rings. The maximum Gasteiger partial charge on any atom is 0.229 e. The molecule has 1 aromatic heterocycles. The van der Waals surface area contributed by atoms with E-state index in [1.807, 2.05) is 19.9 Å². The number of sulfone groups is 1. The van der Waals surface area contributed by atoms with Gasteiger partial charge in [0.25, 0.3) is 0 Å². The third kappa shape index (κ3) is 5.00. The van der Waals surface area contributed by atoms with Gasteiger partial charge < -0.3 is 4.74 Å². The number of carbonyl (C=O) groups excluding carboxylic acids is 1. The van der Waals surface area contributed by atoms with Crippen LogP contribution in [-0.4, -0.2) is 44.3 Å². The number of anilines is 1. The van der Waals surface area contributed by atoms with Gasteiger partial charge in [0, 0.05) is 13.0 Å². The molecular weight excluding hydrogens is 451 g/mol. The highest BCUT2D eigenvalue weighted by atomic mass is 32.2. The number of aromatic nitrogens is 1. The number of hydrogen-bond donors (Lipinski definition) is 0. The van der Waals surface area contributed by atoms with Gasteiger partial charge in [-0.15, -0.1) is 0 Å². The first-order chi connectivity index (χ1) is 15.2. The van der Waals surface area contributed by atoms with Gasteiger partial charge in [0.05, 0.1) is 33.5 Å². The van der Waals surface area contributed by atoms with Crippen LogP contribution in [0.2, 0.25) is 0 Å². The second kappa shape index (κ2) is 9.25. The lowest BCUT2D eigenvalue weighted by Gasteiger charge is -2.23. The molecule has 2 heterocycles. The van der Waals surface area contributed by atoms with E-state index >= 15 is 0 Å². The summed E-state index contributed by atoms with van der Waals surface area (Å²) >= 11 is 1.42. The van der Waals surface area contributed by atoms with Gasteiger partial charge in [-0.05, 0) is 74.2 Å². The van der Waals surface area contributed by atoms with Crippen LogP contribution in [0, 0.1) is 19.7 Å². The van der Waals surface area contributed by atoms with Crippen LogP contribution >= 0.6 is 11.3 Å². The lowest BCUT2D eigenvalue weighted by atomic mass is 10.1. The van der Waals surface area contributed by atoms with E-state index in [-0.39, 0.29) is 29.1 Å². The molecule has 0 aliphatic carbocycles. The summed E-state index contributed by atoms with van der Waals surface area (Å²) in [7, 11) is -3.71. The van der Waals surface area contributed by atoms with E-state index in [1.165, 1.54) is 23.5 Å². The quantitative estimate of drug-likeness (QED) is 0.472. The van der Waals surface area contributed by atoms with Gasteiger partial charge in [-0.25, -0.2) is 17.8 Å². The second-order valence-electron chi connectivity index (χ2n) is 8.06. The van der Waals surface area contributed by atoms with Crippen molar-refractivity contribution in [2.45, 2.75) is 44.1 Å². The van der Waals surface area contributed by atoms with Crippen molar-refractivity contribution in [1.82, 2.24) is 4.98 Å². The third-order valence-electron chi connectivity index (χ3n) is 5.69. The fourth-order valence-electron chi connectivity index (χ4n) is 3.68. The van der Waals surface area contributed by atoms with E-state index in [0.717, 1.165) is 46.3 Å². The Balaban J connectivity index is 1.57. The number of carbonyl (C=O) groups is 1. The van der Waals surface area contributed by atoms with Crippen molar-refractivity contribution >= 4 is 42.4 Å². The molecule has 2 aromatic carbocycles. The van der Waals surface area contributed by atoms with E-state index < -0.39 is 15.7 Å². The normalized spacial score (nSPS) is 16.5. The molecule has 6 nitrogen and oxygen atoms in total. The first-order valence-corrected chi connectivity index (χ1v) is 13.0. The molecule has 1 amide bonds. The van der Waals surface area contributed by atoms with E-state index in [2.05, 4.69) is 11.1 Å². The van der Waals surface area contributed by atoms with Gasteiger partial charge in [0.1, 0.15) is 5.82 Å². The fraction of sp³-hybridized carbons (Fsp3) is 0.391. The van der Waals surface area contributed by atoms with Crippen LogP contribution in [0.3, 0.4) is 0 Å². The molecule has 0 radical (unpaired) electrons. The maximum atomic E-state index is 13.2. The standard InChI is InChI=1S/C23H25FN2O4S2/c1-15-12-20-21(13-16(15)2)31-23(25-20)26(14-18-4-3-10-30-18)22(27)9-11-32(28,29)19-7-5-17(24)6-8-19/h5-8,12-13,18H,3-4,9-11,14H2,1-2H3. The van der Waals surface area contributed by atoms with Crippen molar-refractivity contribution in [3.63, 3.8) is 0 Å². The van der Waals surface area contributed by atoms with Crippen LogP contribution in [0.15, 0.2) is 41.3 Å². The van der Waals surface area contributed by atoms with Crippen LogP contribution in [0.4, 0.5) is 9.52 Å². The molecule has 1 atom stereocenters. The minimum atomic E-state index is -3.71. The zero-order valence-electron chi connectivity index (χ0n) is 18.0. The summed E-state index contributed by atoms with van der Waals surface area (Å²) in [4.78, 5) is 19.4. The summed E-state index contributed by atoms with van der Waals surface area (Å²) < 4.78 is 45.1. The topological polar surface area (TPSA) is 76.6 Å². The first kappa shape index (κ1) is 22.8. The second-order valence-corrected chi connectivity index (χ2v) is 11.2. The zero-order valence-corrected chi connectivity index (χ0v) is 19.6. The van der Waals surface area contributed by atoms with Crippen LogP contribution in [0.1, 0.15) is 30.4 Å². The summed E-state index contributed by atoms with van der Waals surface area (Å²) in [5.74, 6) is -1.19. The highest BCUT2D eigenvalue weighted by Crippen LogP contribution is 2.32. The molecule has 4 rings (SSSR count). The Morgan fingerprint density at radius 2 is 1.94 bits per heavy atom. The Bertz CT molecular complexity index is 1190. The SMILES string of the molecule is Cc1cc2nc(N(CC3CCCO3)C(=O)CCS(=O)(=O)c3ccc(F)cc3)sc2cc1C. The van der Waals surface area contributed by atoms with Crippen molar-refractivity contribution in [2.75, 3.05) is 23.8 Å². The van der Waals surface area contributed by atoms with E-state index in [4.69, 9.17) is 4.74 Å². The van der Waals surface area contributed by atoms with Crippen LogP contribution in [0.5, 0.6) is 0 Å². The number of nitrogens with zero attached hydrogens (tertiary/aromatic N) is 2. The Morgan fingerprint density at radius 1 is 1.22 bits per heavy atom. The zero-order chi connectivity index (χ0) is 22.9. The van der Waals surface area contributed by atoms with Crippen molar-refractivity contribution in [2.24, 2.45) is 0 Å². The summed E-state index contributed by atoms with van der Waals surface area (Å²) in [6.07, 6.45) is 1.49. The number of amides is 1. The minimum Gasteiger partial charge on any atom is -0.376 e. The predicted octanol–water partition coefficient (Wildman–Crippen LogP) is 4.43. The summed E-state index contributed by atoms with van der Waals surface area (Å²) in [5.41, 5.74) is 3.09. The third-order valence-corrected chi connectivity index (χ3v) is 8.47. The predicted molar refractivity (Wildman–Crippen MR) is 123 cm³/mol. The van der Waals surface area contributed by atoms with Gasteiger partial charge in [-0.2, -0.15) is 0 Å². The van der Waals surface area contributed by atoms with Crippen LogP contribution < -0.4 is 4.90 Å². The average molecular weight is 477 g/mol. The Kier molecular flexibility index (Phi) is 6.60. The van der Waals surface area contributed by atoms with Crippen LogP contribution in [0.25, 0.3) is 10.2 Å². The fourth-order valence-corrected chi connectivity index (χ4v) is 5.98. The monoisotopic (exact) mass is 476 g/mol. The highest BCUT2D eigenvalue weighted by Gasteiger charge is 2.27. The maximum absolute atomic E-state index is 13.2. The van der Waals surface area contributed by atoms with E-state index in [0.29, 0.717) is 18.3 Å². The number of benzene rings is 2. The molecule has 0 N–H and O–H groups in total. The molecule has 1 aliphatic heterocycles. The number of thiazole rings is 1. The molecule has 0 saturated carbocycles. The summed E-state index contributed by atoms with van der Waals surface area (Å²) in [6, 6.07) is 8.69. The molecule has 1 fully saturated rings. The molecule has 32 heavy (non-hydrogen) atoms. The van der Waals surface area contributed by atoms with Crippen molar-refractivity contribution in [3.8, 4) is 0 Å². The van der Waals surface area contributed by atoms with Crippen LogP contribution in [-0.2, 0) is 19.4 Å². The molecule has 9 heteroatoms. The number of aryl methyl sites for hydroxylation is 2. The average Bonchev–Trinajstić information content (AvgIpc) is 3.40. The Hall–Kier alpha value is -2.36. The number of rotatable bonds is 7. The molecular formula is C23H25FN2O4S2. The van der Waals surface area contributed by atoms with Crippen molar-refractivity contribution < 1.29 is 22.3 Å².